The summed E-state index contributed by atoms with van der Waals surface area (Å²) in [6.45, 7) is 4.91. The Morgan fingerprint density at radius 3 is 2.57 bits per heavy atom. The molecule has 1 amide bonds. The van der Waals surface area contributed by atoms with Gasteiger partial charge in [-0.2, -0.15) is 4.98 Å². The molecule has 0 radical (unpaired) electrons. The summed E-state index contributed by atoms with van der Waals surface area (Å²) in [6, 6.07) is 14.2. The zero-order chi connectivity index (χ0) is 19.5. The van der Waals surface area contributed by atoms with Crippen molar-refractivity contribution >= 4 is 17.9 Å². The van der Waals surface area contributed by atoms with Crippen LogP contribution in [-0.2, 0) is 4.74 Å². The molecule has 1 aliphatic rings. The van der Waals surface area contributed by atoms with Gasteiger partial charge in [0.05, 0.1) is 12.6 Å². The summed E-state index contributed by atoms with van der Waals surface area (Å²) < 4.78 is 4.97. The molecule has 1 aromatic carbocycles. The molecule has 0 bridgehead atoms. The van der Waals surface area contributed by atoms with Gasteiger partial charge in [-0.25, -0.2) is 9.78 Å². The summed E-state index contributed by atoms with van der Waals surface area (Å²) in [6.07, 6.45) is 3.08. The smallest absolute Gasteiger partial charge is 0.415 e. The summed E-state index contributed by atoms with van der Waals surface area (Å²) in [5, 5.41) is 3.29. The molecule has 28 heavy (non-hydrogen) atoms. The number of nitrogens with zero attached hydrogens (tertiary/aromatic N) is 4. The topological polar surface area (TPSA) is 80.2 Å². The van der Waals surface area contributed by atoms with E-state index in [4.69, 9.17) is 4.74 Å². The van der Waals surface area contributed by atoms with Crippen LogP contribution in [0.4, 0.5) is 16.6 Å². The van der Waals surface area contributed by atoms with Gasteiger partial charge in [-0.05, 0) is 48.7 Å². The highest BCUT2D eigenvalue weighted by Gasteiger charge is 2.25. The molecule has 1 saturated heterocycles. The highest BCUT2D eigenvalue weighted by Crippen LogP contribution is 2.24. The number of nitrogens with one attached hydrogen (secondary N) is 1. The number of aryl methyl sites for hydroxylation is 1. The molecule has 1 N–H and O–H groups in total. The van der Waals surface area contributed by atoms with Crippen molar-refractivity contribution < 1.29 is 9.53 Å². The number of rotatable bonds is 5. The molecule has 4 rings (SSSR count). The van der Waals surface area contributed by atoms with Gasteiger partial charge >= 0.3 is 6.09 Å². The molecule has 7 heteroatoms. The first-order valence-corrected chi connectivity index (χ1v) is 9.17. The lowest BCUT2D eigenvalue weighted by molar-refractivity contribution is 0.181. The summed E-state index contributed by atoms with van der Waals surface area (Å²) in [4.78, 5) is 26.2. The van der Waals surface area contributed by atoms with Gasteiger partial charge in [0.25, 0.3) is 0 Å². The van der Waals surface area contributed by atoms with E-state index >= 15 is 0 Å². The third-order valence-corrected chi connectivity index (χ3v) is 4.66. The summed E-state index contributed by atoms with van der Waals surface area (Å²) in [5.74, 6) is 1.01. The molecule has 1 atom stereocenters. The van der Waals surface area contributed by atoms with E-state index in [-0.39, 0.29) is 12.1 Å². The van der Waals surface area contributed by atoms with Crippen molar-refractivity contribution in [1.82, 2.24) is 15.0 Å². The van der Waals surface area contributed by atoms with Crippen LogP contribution in [0.15, 0.2) is 54.9 Å². The normalized spacial score (nSPS) is 14.6. The minimum Gasteiger partial charge on any atom is -0.447 e. The monoisotopic (exact) mass is 375 g/mol. The zero-order valence-electron chi connectivity index (χ0n) is 15.8. The van der Waals surface area contributed by atoms with Crippen molar-refractivity contribution in [2.45, 2.75) is 19.9 Å². The van der Waals surface area contributed by atoms with Crippen LogP contribution in [0.5, 0.6) is 0 Å². The number of hydrogen-bond donors (Lipinski definition) is 1. The van der Waals surface area contributed by atoms with Crippen LogP contribution in [-0.4, -0.2) is 34.2 Å². The number of pyridine rings is 1. The molecule has 0 aliphatic carbocycles. The number of benzene rings is 1. The Hall–Kier alpha value is -3.48. The maximum atomic E-state index is 11.7. The molecule has 3 aromatic rings. The van der Waals surface area contributed by atoms with Crippen LogP contribution >= 0.6 is 0 Å². The fourth-order valence-electron chi connectivity index (χ4n) is 3.14. The molecule has 1 fully saturated rings. The summed E-state index contributed by atoms with van der Waals surface area (Å²) in [5.41, 5.74) is 4.40. The Labute approximate surface area is 163 Å². The van der Waals surface area contributed by atoms with Gasteiger partial charge in [0.1, 0.15) is 12.4 Å². The predicted molar refractivity (Wildman–Crippen MR) is 107 cm³/mol. The third kappa shape index (κ3) is 3.78. The molecule has 3 heterocycles. The Morgan fingerprint density at radius 1 is 1.07 bits per heavy atom. The van der Waals surface area contributed by atoms with Crippen molar-refractivity contribution in [2.24, 2.45) is 0 Å². The van der Waals surface area contributed by atoms with E-state index in [0.29, 0.717) is 24.9 Å². The number of hydrogen-bond acceptors (Lipinski definition) is 6. The minimum atomic E-state index is -0.375. The minimum absolute atomic E-state index is 0.00834. The van der Waals surface area contributed by atoms with Gasteiger partial charge in [-0.15, -0.1) is 0 Å². The maximum Gasteiger partial charge on any atom is 0.415 e. The molecule has 1 aliphatic heterocycles. The van der Waals surface area contributed by atoms with Crippen molar-refractivity contribution in [3.63, 3.8) is 0 Å². The zero-order valence-corrected chi connectivity index (χ0v) is 15.8. The standard InChI is InChI=1S/C21H21N5O2/c1-14-13-18(7-9-22-14)17-5-3-16(4-6-17)15(2)24-20-23-10-8-19(25-20)26-11-12-28-21(26)27/h3-10,13,15H,11-12H2,1-2H3,(H,23,24,25). The Bertz CT molecular complexity index is 990. The van der Waals surface area contributed by atoms with E-state index in [1.807, 2.05) is 26.1 Å². The highest BCUT2D eigenvalue weighted by atomic mass is 16.6. The van der Waals surface area contributed by atoms with Crippen molar-refractivity contribution in [3.8, 4) is 11.1 Å². The number of aromatic nitrogens is 3. The second-order valence-electron chi connectivity index (χ2n) is 6.68. The Morgan fingerprint density at radius 2 is 1.86 bits per heavy atom. The van der Waals surface area contributed by atoms with Crippen LogP contribution in [0, 0.1) is 6.92 Å². The SMILES string of the molecule is Cc1cc(-c2ccc(C(C)Nc3nccc(N4CCOC4=O)n3)cc2)ccn1. The second kappa shape index (κ2) is 7.64. The fourth-order valence-corrected chi connectivity index (χ4v) is 3.14. The molecule has 2 aromatic heterocycles. The first-order chi connectivity index (χ1) is 13.6. The second-order valence-corrected chi connectivity index (χ2v) is 6.68. The van der Waals surface area contributed by atoms with Crippen LogP contribution in [0.2, 0.25) is 0 Å². The van der Waals surface area contributed by atoms with Crippen LogP contribution in [0.1, 0.15) is 24.2 Å². The lowest BCUT2D eigenvalue weighted by Crippen LogP contribution is -2.25. The number of cyclic esters (lactones) is 1. The van der Waals surface area contributed by atoms with Gasteiger partial charge in [0.15, 0.2) is 0 Å². The summed E-state index contributed by atoms with van der Waals surface area (Å²) >= 11 is 0. The van der Waals surface area contributed by atoms with E-state index in [2.05, 4.69) is 50.6 Å². The first kappa shape index (κ1) is 17.9. The van der Waals surface area contributed by atoms with Crippen molar-refractivity contribution in [3.05, 3.63) is 66.1 Å². The molecule has 0 spiro atoms. The Balaban J connectivity index is 1.48. The predicted octanol–water partition coefficient (Wildman–Crippen LogP) is 3.98. The number of ether oxygens (including phenoxy) is 1. The van der Waals surface area contributed by atoms with Crippen LogP contribution < -0.4 is 10.2 Å². The number of carbonyl (C=O) groups is 1. The van der Waals surface area contributed by atoms with Gasteiger partial charge in [0.2, 0.25) is 5.95 Å². The quantitative estimate of drug-likeness (QED) is 0.727. The lowest BCUT2D eigenvalue weighted by Gasteiger charge is -2.17. The number of carbonyl (C=O) groups excluding carboxylic acids is 1. The van der Waals surface area contributed by atoms with E-state index < -0.39 is 0 Å². The van der Waals surface area contributed by atoms with Crippen LogP contribution in [0.3, 0.4) is 0 Å². The van der Waals surface area contributed by atoms with Crippen molar-refractivity contribution in [1.29, 1.82) is 0 Å². The molecule has 0 saturated carbocycles. The third-order valence-electron chi connectivity index (χ3n) is 4.66. The van der Waals surface area contributed by atoms with Gasteiger partial charge in [-0.3, -0.25) is 9.88 Å². The molecular weight excluding hydrogens is 354 g/mol. The van der Waals surface area contributed by atoms with Crippen molar-refractivity contribution in [2.75, 3.05) is 23.4 Å². The molecule has 1 unspecified atom stereocenters. The summed E-state index contributed by atoms with van der Waals surface area (Å²) in [7, 11) is 0. The molecule has 7 nitrogen and oxygen atoms in total. The average Bonchev–Trinajstić information content (AvgIpc) is 3.14. The first-order valence-electron chi connectivity index (χ1n) is 9.17. The number of anilines is 2. The van der Waals surface area contributed by atoms with E-state index in [1.54, 1.807) is 12.3 Å². The fraction of sp³-hybridized carbons (Fsp3) is 0.238. The van der Waals surface area contributed by atoms with E-state index in [9.17, 15) is 4.79 Å². The lowest BCUT2D eigenvalue weighted by atomic mass is 10.0. The van der Waals surface area contributed by atoms with E-state index in [0.717, 1.165) is 22.4 Å². The van der Waals surface area contributed by atoms with Gasteiger partial charge in [-0.1, -0.05) is 24.3 Å². The number of amides is 1. The van der Waals surface area contributed by atoms with Gasteiger partial charge < -0.3 is 10.1 Å². The van der Waals surface area contributed by atoms with E-state index in [1.165, 1.54) is 4.90 Å². The van der Waals surface area contributed by atoms with Gasteiger partial charge in [0, 0.05) is 18.1 Å². The average molecular weight is 375 g/mol. The molecule has 142 valence electrons. The maximum absolute atomic E-state index is 11.7. The van der Waals surface area contributed by atoms with Crippen LogP contribution in [0.25, 0.3) is 11.1 Å². The molecular formula is C21H21N5O2. The largest absolute Gasteiger partial charge is 0.447 e. The highest BCUT2D eigenvalue weighted by molar-refractivity contribution is 5.88. The Kier molecular flexibility index (Phi) is 4.89.